The van der Waals surface area contributed by atoms with Crippen LogP contribution in [-0.2, 0) is 10.0 Å². The van der Waals surface area contributed by atoms with Gasteiger partial charge in [0.1, 0.15) is 10.8 Å². The number of sulfonamides is 1. The monoisotopic (exact) mass is 332 g/mol. The molecule has 116 valence electrons. The first kappa shape index (κ1) is 16.3. The van der Waals surface area contributed by atoms with Gasteiger partial charge in [0.15, 0.2) is 0 Å². The van der Waals surface area contributed by atoms with Crippen LogP contribution in [0.2, 0.25) is 0 Å². The van der Waals surface area contributed by atoms with Gasteiger partial charge in [0.2, 0.25) is 10.0 Å². The third-order valence-electron chi connectivity index (χ3n) is 3.55. The fourth-order valence-corrected chi connectivity index (χ4v) is 4.29. The first-order chi connectivity index (χ1) is 9.83. The Morgan fingerprint density at radius 2 is 2.05 bits per heavy atom. The Morgan fingerprint density at radius 1 is 1.38 bits per heavy atom. The normalized spacial score (nSPS) is 23.0. The minimum Gasteiger partial charge on any atom is -0.391 e. The molecule has 0 radical (unpaired) electrons. The van der Waals surface area contributed by atoms with Crippen LogP contribution < -0.4 is 10.5 Å². The molecule has 1 aromatic carbocycles. The molecule has 2 unspecified atom stereocenters. The molecule has 1 aliphatic rings. The summed E-state index contributed by atoms with van der Waals surface area (Å²) in [5, 5.41) is 9.86. The Bertz CT molecular complexity index is 649. The minimum atomic E-state index is -4.01. The summed E-state index contributed by atoms with van der Waals surface area (Å²) in [6.45, 7) is 0. The maximum Gasteiger partial charge on any atom is 0.241 e. The van der Waals surface area contributed by atoms with Crippen molar-refractivity contribution in [2.45, 2.75) is 42.7 Å². The lowest BCUT2D eigenvalue weighted by Crippen LogP contribution is -2.45. The van der Waals surface area contributed by atoms with Crippen LogP contribution in [0, 0.1) is 5.82 Å². The van der Waals surface area contributed by atoms with E-state index >= 15 is 0 Å². The number of aliphatic hydroxyl groups excluding tert-OH is 1. The summed E-state index contributed by atoms with van der Waals surface area (Å²) in [5.74, 6) is -0.783. The summed E-state index contributed by atoms with van der Waals surface area (Å²) in [7, 11) is -4.01. The second-order valence-corrected chi connectivity index (χ2v) is 7.18. The Hall–Kier alpha value is -1.09. The van der Waals surface area contributed by atoms with E-state index in [-0.39, 0.29) is 15.4 Å². The van der Waals surface area contributed by atoms with E-state index in [2.05, 4.69) is 4.72 Å². The molecule has 1 fully saturated rings. The van der Waals surface area contributed by atoms with Crippen molar-refractivity contribution < 1.29 is 17.9 Å². The predicted molar refractivity (Wildman–Crippen MR) is 80.9 cm³/mol. The Labute approximate surface area is 128 Å². The fraction of sp³-hybridized carbons (Fsp3) is 0.462. The topological polar surface area (TPSA) is 92.4 Å². The standard InChI is InChI=1S/C13H17FN2O3S2/c14-8-4-3-7-11(12(8)13(15)20)21(18,19)16-9-5-1-2-6-10(9)17/h3-4,7,9-10,16-17H,1-2,5-6H2,(H2,15,20). The Morgan fingerprint density at radius 3 is 2.67 bits per heavy atom. The summed E-state index contributed by atoms with van der Waals surface area (Å²) in [6, 6.07) is 3.05. The number of thiocarbonyl (C=S) groups is 1. The molecule has 0 bridgehead atoms. The number of hydrogen-bond donors (Lipinski definition) is 3. The van der Waals surface area contributed by atoms with Gasteiger partial charge in [-0.2, -0.15) is 0 Å². The summed E-state index contributed by atoms with van der Waals surface area (Å²) < 4.78 is 41.0. The quantitative estimate of drug-likeness (QED) is 0.717. The highest BCUT2D eigenvalue weighted by Crippen LogP contribution is 2.23. The lowest BCUT2D eigenvalue weighted by molar-refractivity contribution is 0.101. The molecular formula is C13H17FN2O3S2. The van der Waals surface area contributed by atoms with Gasteiger partial charge in [-0.15, -0.1) is 0 Å². The van der Waals surface area contributed by atoms with E-state index in [1.54, 1.807) is 0 Å². The van der Waals surface area contributed by atoms with Crippen molar-refractivity contribution in [3.05, 3.63) is 29.6 Å². The van der Waals surface area contributed by atoms with E-state index in [9.17, 15) is 17.9 Å². The Balaban J connectivity index is 2.36. The second-order valence-electron chi connectivity index (χ2n) is 5.06. The zero-order chi connectivity index (χ0) is 15.6. The van der Waals surface area contributed by atoms with E-state index in [1.165, 1.54) is 12.1 Å². The van der Waals surface area contributed by atoms with Crippen LogP contribution >= 0.6 is 12.2 Å². The maximum atomic E-state index is 13.8. The van der Waals surface area contributed by atoms with E-state index in [0.29, 0.717) is 12.8 Å². The van der Waals surface area contributed by atoms with Gasteiger partial charge < -0.3 is 10.8 Å². The molecule has 1 aliphatic carbocycles. The van der Waals surface area contributed by atoms with Gasteiger partial charge in [0.05, 0.1) is 16.6 Å². The highest BCUT2D eigenvalue weighted by molar-refractivity contribution is 7.89. The number of aliphatic hydroxyl groups is 1. The minimum absolute atomic E-state index is 0.298. The van der Waals surface area contributed by atoms with E-state index in [1.807, 2.05) is 0 Å². The Kier molecular flexibility index (Phi) is 4.92. The maximum absolute atomic E-state index is 13.8. The molecule has 0 saturated heterocycles. The molecule has 0 amide bonds. The molecule has 5 nitrogen and oxygen atoms in total. The molecule has 0 spiro atoms. The summed E-state index contributed by atoms with van der Waals surface area (Å²) in [4.78, 5) is -0.620. The molecule has 21 heavy (non-hydrogen) atoms. The molecule has 0 aromatic heterocycles. The van der Waals surface area contributed by atoms with Crippen molar-refractivity contribution in [2.24, 2.45) is 5.73 Å². The second kappa shape index (κ2) is 6.35. The molecule has 0 aliphatic heterocycles. The van der Waals surface area contributed by atoms with Crippen molar-refractivity contribution >= 4 is 27.2 Å². The summed E-state index contributed by atoms with van der Waals surface area (Å²) >= 11 is 4.73. The van der Waals surface area contributed by atoms with Crippen LogP contribution in [0.4, 0.5) is 4.39 Å². The lowest BCUT2D eigenvalue weighted by Gasteiger charge is -2.28. The van der Waals surface area contributed by atoms with E-state index < -0.39 is 28.0 Å². The molecule has 2 rings (SSSR count). The summed E-state index contributed by atoms with van der Waals surface area (Å²) in [6.07, 6.45) is 2.03. The van der Waals surface area contributed by atoms with Gasteiger partial charge >= 0.3 is 0 Å². The van der Waals surface area contributed by atoms with Gasteiger partial charge in [-0.1, -0.05) is 31.1 Å². The molecule has 1 saturated carbocycles. The largest absolute Gasteiger partial charge is 0.391 e. The van der Waals surface area contributed by atoms with Gasteiger partial charge in [-0.25, -0.2) is 17.5 Å². The van der Waals surface area contributed by atoms with Crippen LogP contribution in [0.25, 0.3) is 0 Å². The number of nitrogens with one attached hydrogen (secondary N) is 1. The average Bonchev–Trinajstić information content (AvgIpc) is 2.40. The third kappa shape index (κ3) is 3.57. The fourth-order valence-electron chi connectivity index (χ4n) is 2.48. The molecule has 2 atom stereocenters. The molecule has 0 heterocycles. The highest BCUT2D eigenvalue weighted by Gasteiger charge is 2.30. The van der Waals surface area contributed by atoms with Crippen molar-refractivity contribution in [3.8, 4) is 0 Å². The van der Waals surface area contributed by atoms with Crippen molar-refractivity contribution in [3.63, 3.8) is 0 Å². The highest BCUT2D eigenvalue weighted by atomic mass is 32.2. The number of rotatable bonds is 4. The lowest BCUT2D eigenvalue weighted by atomic mass is 9.93. The van der Waals surface area contributed by atoms with Gasteiger partial charge in [0, 0.05) is 6.04 Å². The van der Waals surface area contributed by atoms with Crippen LogP contribution in [0.1, 0.15) is 31.2 Å². The molecule has 1 aromatic rings. The predicted octanol–water partition coefficient (Wildman–Crippen LogP) is 1.04. The van der Waals surface area contributed by atoms with Crippen LogP contribution in [0.5, 0.6) is 0 Å². The number of benzene rings is 1. The van der Waals surface area contributed by atoms with Crippen molar-refractivity contribution in [2.75, 3.05) is 0 Å². The molecule has 8 heteroatoms. The van der Waals surface area contributed by atoms with Crippen molar-refractivity contribution in [1.29, 1.82) is 0 Å². The molecular weight excluding hydrogens is 315 g/mol. The first-order valence-corrected chi connectivity index (χ1v) is 8.51. The van der Waals surface area contributed by atoms with Gasteiger partial charge in [-0.05, 0) is 25.0 Å². The van der Waals surface area contributed by atoms with Crippen LogP contribution in [-0.4, -0.2) is 30.7 Å². The number of hydrogen-bond acceptors (Lipinski definition) is 4. The number of nitrogens with two attached hydrogens (primary N) is 1. The summed E-state index contributed by atoms with van der Waals surface area (Å²) in [5.41, 5.74) is 5.12. The average molecular weight is 332 g/mol. The van der Waals surface area contributed by atoms with Gasteiger partial charge in [0.25, 0.3) is 0 Å². The van der Waals surface area contributed by atoms with Gasteiger partial charge in [-0.3, -0.25) is 0 Å². The smallest absolute Gasteiger partial charge is 0.241 e. The zero-order valence-electron chi connectivity index (χ0n) is 11.3. The van der Waals surface area contributed by atoms with Crippen molar-refractivity contribution in [1.82, 2.24) is 4.72 Å². The van der Waals surface area contributed by atoms with E-state index in [0.717, 1.165) is 18.9 Å². The first-order valence-electron chi connectivity index (χ1n) is 6.61. The van der Waals surface area contributed by atoms with Crippen LogP contribution in [0.3, 0.4) is 0 Å². The molecule has 4 N–H and O–H groups in total. The SMILES string of the molecule is NC(=S)c1c(F)cccc1S(=O)(=O)NC1CCCCC1O. The van der Waals surface area contributed by atoms with Crippen LogP contribution in [0.15, 0.2) is 23.1 Å². The van der Waals surface area contributed by atoms with E-state index in [4.69, 9.17) is 18.0 Å². The third-order valence-corrected chi connectivity index (χ3v) is 5.28. The zero-order valence-corrected chi connectivity index (χ0v) is 12.9. The number of halogens is 1.